The van der Waals surface area contributed by atoms with Crippen molar-refractivity contribution in [1.29, 1.82) is 0 Å². The molecule has 1 saturated heterocycles. The van der Waals surface area contributed by atoms with Gasteiger partial charge < -0.3 is 15.0 Å². The predicted molar refractivity (Wildman–Crippen MR) is 91.3 cm³/mol. The minimum absolute atomic E-state index is 0.0145. The number of pyridine rings is 1. The molecule has 0 aliphatic carbocycles. The molecule has 1 aromatic heterocycles. The summed E-state index contributed by atoms with van der Waals surface area (Å²) in [6.07, 6.45) is 5.76. The highest BCUT2D eigenvalue weighted by atomic mass is 16.5. The van der Waals surface area contributed by atoms with Gasteiger partial charge in [0.1, 0.15) is 6.61 Å². The molecule has 1 N–H and O–H groups in total. The fourth-order valence-electron chi connectivity index (χ4n) is 2.96. The summed E-state index contributed by atoms with van der Waals surface area (Å²) in [6.45, 7) is 5.80. The van der Waals surface area contributed by atoms with Gasteiger partial charge in [-0.2, -0.15) is 0 Å². The van der Waals surface area contributed by atoms with Crippen LogP contribution in [0.1, 0.15) is 32.3 Å². The number of nitrogens with one attached hydrogen (secondary N) is 1. The van der Waals surface area contributed by atoms with Crippen LogP contribution in [0.15, 0.2) is 24.5 Å². The van der Waals surface area contributed by atoms with E-state index in [2.05, 4.69) is 10.3 Å². The van der Waals surface area contributed by atoms with E-state index in [1.165, 1.54) is 0 Å². The molecule has 1 atom stereocenters. The third-order valence-electron chi connectivity index (χ3n) is 4.30. The number of nitrogens with zero attached hydrogens (tertiary/aromatic N) is 2. The zero-order valence-corrected chi connectivity index (χ0v) is 14.5. The number of hydrogen-bond acceptors (Lipinski definition) is 4. The van der Waals surface area contributed by atoms with E-state index in [4.69, 9.17) is 4.74 Å². The third-order valence-corrected chi connectivity index (χ3v) is 4.30. The number of piperidine rings is 1. The lowest BCUT2D eigenvalue weighted by Gasteiger charge is -2.31. The quantitative estimate of drug-likeness (QED) is 0.819. The molecule has 0 radical (unpaired) electrons. The summed E-state index contributed by atoms with van der Waals surface area (Å²) in [5.41, 5.74) is 1.11. The number of hydrogen-bond donors (Lipinski definition) is 1. The highest BCUT2D eigenvalue weighted by Gasteiger charge is 2.27. The SMILES string of the molecule is CCOCC(=O)N1CCC(C(=O)N[C@H](C)Cc2cccnc2)CC1. The summed E-state index contributed by atoms with van der Waals surface area (Å²) in [4.78, 5) is 30.2. The van der Waals surface area contributed by atoms with Gasteiger partial charge in [-0.05, 0) is 44.7 Å². The Kier molecular flexibility index (Phi) is 7.18. The van der Waals surface area contributed by atoms with Gasteiger partial charge in [-0.15, -0.1) is 0 Å². The van der Waals surface area contributed by atoms with Crippen molar-refractivity contribution in [2.45, 2.75) is 39.2 Å². The minimum Gasteiger partial charge on any atom is -0.372 e. The van der Waals surface area contributed by atoms with Gasteiger partial charge in [-0.3, -0.25) is 14.6 Å². The van der Waals surface area contributed by atoms with Crippen molar-refractivity contribution in [1.82, 2.24) is 15.2 Å². The van der Waals surface area contributed by atoms with Crippen molar-refractivity contribution < 1.29 is 14.3 Å². The van der Waals surface area contributed by atoms with Crippen LogP contribution in [0.3, 0.4) is 0 Å². The van der Waals surface area contributed by atoms with Crippen molar-refractivity contribution in [2.24, 2.45) is 5.92 Å². The first-order valence-corrected chi connectivity index (χ1v) is 8.65. The first-order chi connectivity index (χ1) is 11.6. The van der Waals surface area contributed by atoms with Crippen LogP contribution in [-0.2, 0) is 20.7 Å². The molecule has 2 amide bonds. The van der Waals surface area contributed by atoms with E-state index in [1.807, 2.05) is 32.2 Å². The molecule has 1 aliphatic heterocycles. The number of rotatable bonds is 7. The van der Waals surface area contributed by atoms with E-state index in [-0.39, 0.29) is 30.4 Å². The van der Waals surface area contributed by atoms with Crippen LogP contribution >= 0.6 is 0 Å². The van der Waals surface area contributed by atoms with Crippen LogP contribution in [0.4, 0.5) is 0 Å². The van der Waals surface area contributed by atoms with Gasteiger partial charge in [0.15, 0.2) is 0 Å². The number of carbonyl (C=O) groups is 2. The number of likely N-dealkylation sites (tertiary alicyclic amines) is 1. The number of ether oxygens (including phenoxy) is 1. The molecule has 1 aromatic rings. The highest BCUT2D eigenvalue weighted by Crippen LogP contribution is 2.18. The average Bonchev–Trinajstić information content (AvgIpc) is 2.60. The van der Waals surface area contributed by atoms with E-state index in [1.54, 1.807) is 11.1 Å². The summed E-state index contributed by atoms with van der Waals surface area (Å²) in [6, 6.07) is 3.98. The van der Waals surface area contributed by atoms with E-state index in [0.29, 0.717) is 32.5 Å². The predicted octanol–water partition coefficient (Wildman–Crippen LogP) is 1.40. The largest absolute Gasteiger partial charge is 0.372 e. The molecular weight excluding hydrogens is 306 g/mol. The molecule has 0 aromatic carbocycles. The Hall–Kier alpha value is -1.95. The zero-order valence-electron chi connectivity index (χ0n) is 14.5. The molecule has 24 heavy (non-hydrogen) atoms. The van der Waals surface area contributed by atoms with Gasteiger partial charge in [0, 0.05) is 44.0 Å². The lowest BCUT2D eigenvalue weighted by molar-refractivity contribution is -0.139. The number of aromatic nitrogens is 1. The Labute approximate surface area is 143 Å². The van der Waals surface area contributed by atoms with Gasteiger partial charge >= 0.3 is 0 Å². The molecule has 6 nitrogen and oxygen atoms in total. The lowest BCUT2D eigenvalue weighted by atomic mass is 9.95. The second kappa shape index (κ2) is 9.37. The average molecular weight is 333 g/mol. The molecule has 1 fully saturated rings. The van der Waals surface area contributed by atoms with E-state index in [9.17, 15) is 9.59 Å². The van der Waals surface area contributed by atoms with Crippen LogP contribution in [0.25, 0.3) is 0 Å². The molecule has 6 heteroatoms. The van der Waals surface area contributed by atoms with Crippen molar-refractivity contribution in [2.75, 3.05) is 26.3 Å². The number of amides is 2. The van der Waals surface area contributed by atoms with Crippen LogP contribution in [-0.4, -0.2) is 54.0 Å². The lowest BCUT2D eigenvalue weighted by Crippen LogP contribution is -2.46. The smallest absolute Gasteiger partial charge is 0.248 e. The number of carbonyl (C=O) groups excluding carboxylic acids is 2. The molecule has 2 heterocycles. The van der Waals surface area contributed by atoms with Crippen LogP contribution in [0, 0.1) is 5.92 Å². The summed E-state index contributed by atoms with van der Waals surface area (Å²) in [7, 11) is 0. The van der Waals surface area contributed by atoms with Crippen LogP contribution < -0.4 is 5.32 Å². The summed E-state index contributed by atoms with van der Waals surface area (Å²) in [5, 5.41) is 3.08. The Morgan fingerprint density at radius 2 is 2.17 bits per heavy atom. The van der Waals surface area contributed by atoms with Gasteiger partial charge in [-0.1, -0.05) is 6.07 Å². The normalized spacial score (nSPS) is 16.7. The maximum absolute atomic E-state index is 12.4. The Balaban J connectivity index is 1.73. The van der Waals surface area contributed by atoms with Crippen LogP contribution in [0.2, 0.25) is 0 Å². The Morgan fingerprint density at radius 1 is 1.42 bits per heavy atom. The van der Waals surface area contributed by atoms with Gasteiger partial charge in [-0.25, -0.2) is 0 Å². The van der Waals surface area contributed by atoms with E-state index < -0.39 is 0 Å². The minimum atomic E-state index is -0.0162. The fourth-order valence-corrected chi connectivity index (χ4v) is 2.96. The monoisotopic (exact) mass is 333 g/mol. The van der Waals surface area contributed by atoms with E-state index in [0.717, 1.165) is 12.0 Å². The first kappa shape index (κ1) is 18.4. The second-order valence-electron chi connectivity index (χ2n) is 6.27. The molecular formula is C18H27N3O3. The van der Waals surface area contributed by atoms with Gasteiger partial charge in [0.2, 0.25) is 11.8 Å². The molecule has 2 rings (SSSR count). The maximum Gasteiger partial charge on any atom is 0.248 e. The standard InChI is InChI=1S/C18H27N3O3/c1-3-24-13-17(22)21-9-6-16(7-10-21)18(23)20-14(2)11-15-5-4-8-19-12-15/h4-5,8,12,14,16H,3,6-7,9-11,13H2,1-2H3,(H,20,23)/t14-/m1/s1. The Bertz CT molecular complexity index is 528. The molecule has 1 aliphatic rings. The molecule has 0 unspecified atom stereocenters. The molecule has 0 spiro atoms. The second-order valence-corrected chi connectivity index (χ2v) is 6.27. The molecule has 132 valence electrons. The van der Waals surface area contributed by atoms with Crippen LogP contribution in [0.5, 0.6) is 0 Å². The van der Waals surface area contributed by atoms with Crippen molar-refractivity contribution in [3.63, 3.8) is 0 Å². The summed E-state index contributed by atoms with van der Waals surface area (Å²) < 4.78 is 5.16. The molecule has 0 bridgehead atoms. The van der Waals surface area contributed by atoms with Gasteiger partial charge in [0.05, 0.1) is 0 Å². The van der Waals surface area contributed by atoms with Crippen molar-refractivity contribution in [3.8, 4) is 0 Å². The van der Waals surface area contributed by atoms with Gasteiger partial charge in [0.25, 0.3) is 0 Å². The van der Waals surface area contributed by atoms with Crippen molar-refractivity contribution in [3.05, 3.63) is 30.1 Å². The van der Waals surface area contributed by atoms with E-state index >= 15 is 0 Å². The zero-order chi connectivity index (χ0) is 17.4. The highest BCUT2D eigenvalue weighted by molar-refractivity contribution is 5.80. The third kappa shape index (κ3) is 5.60. The van der Waals surface area contributed by atoms with Crippen molar-refractivity contribution >= 4 is 11.8 Å². The fraction of sp³-hybridized carbons (Fsp3) is 0.611. The topological polar surface area (TPSA) is 71.5 Å². The first-order valence-electron chi connectivity index (χ1n) is 8.65. The summed E-state index contributed by atoms with van der Waals surface area (Å²) in [5.74, 6) is 0.0847. The molecule has 0 saturated carbocycles. The summed E-state index contributed by atoms with van der Waals surface area (Å²) >= 11 is 0. The Morgan fingerprint density at radius 3 is 2.79 bits per heavy atom. The maximum atomic E-state index is 12.4.